The van der Waals surface area contributed by atoms with Gasteiger partial charge in [0.2, 0.25) is 0 Å². The molecule has 0 unspecified atom stereocenters. The topological polar surface area (TPSA) is 59.3 Å². The van der Waals surface area contributed by atoms with Crippen molar-refractivity contribution in [2.24, 2.45) is 0 Å². The van der Waals surface area contributed by atoms with Gasteiger partial charge in [-0.25, -0.2) is 4.98 Å². The van der Waals surface area contributed by atoms with E-state index in [1.54, 1.807) is 24.3 Å². The van der Waals surface area contributed by atoms with Crippen molar-refractivity contribution in [1.82, 2.24) is 4.98 Å². The van der Waals surface area contributed by atoms with Crippen LogP contribution in [0, 0.1) is 10.1 Å². The number of hydrogen-bond donors (Lipinski definition) is 0. The van der Waals surface area contributed by atoms with E-state index in [1.165, 1.54) is 6.07 Å². The van der Waals surface area contributed by atoms with Crippen LogP contribution in [0.4, 0.5) is 11.4 Å². The van der Waals surface area contributed by atoms with Crippen LogP contribution in [-0.4, -0.2) is 24.0 Å². The van der Waals surface area contributed by atoms with Crippen molar-refractivity contribution >= 4 is 34.4 Å². The van der Waals surface area contributed by atoms with E-state index in [1.807, 2.05) is 43.3 Å². The number of pyridine rings is 1. The molecule has 1 heterocycles. The van der Waals surface area contributed by atoms with E-state index < -0.39 is 0 Å². The van der Waals surface area contributed by atoms with E-state index in [4.69, 9.17) is 0 Å². The Labute approximate surface area is 140 Å². The number of nitro benzene ring substituents is 1. The predicted octanol–water partition coefficient (Wildman–Crippen LogP) is 4.38. The Morgan fingerprint density at radius 1 is 1.00 bits per heavy atom. The van der Waals surface area contributed by atoms with Gasteiger partial charge in [-0.2, -0.15) is 0 Å². The molecule has 5 heteroatoms. The second-order valence-corrected chi connectivity index (χ2v) is 5.66. The van der Waals surface area contributed by atoms with Gasteiger partial charge in [0, 0.05) is 25.8 Å². The summed E-state index contributed by atoms with van der Waals surface area (Å²) in [5.74, 6) is 0. The van der Waals surface area contributed by atoms with Crippen molar-refractivity contribution in [3.63, 3.8) is 0 Å². The summed E-state index contributed by atoms with van der Waals surface area (Å²) in [6, 6.07) is 16.6. The zero-order chi connectivity index (χ0) is 17.1. The minimum Gasteiger partial charge on any atom is -0.378 e. The van der Waals surface area contributed by atoms with Gasteiger partial charge < -0.3 is 4.90 Å². The second-order valence-electron chi connectivity index (χ2n) is 5.66. The van der Waals surface area contributed by atoms with Gasteiger partial charge in [-0.1, -0.05) is 24.3 Å². The van der Waals surface area contributed by atoms with E-state index in [-0.39, 0.29) is 10.6 Å². The van der Waals surface area contributed by atoms with Crippen LogP contribution >= 0.6 is 0 Å². The molecule has 0 aliphatic heterocycles. The highest BCUT2D eigenvalue weighted by atomic mass is 16.6. The van der Waals surface area contributed by atoms with Crippen LogP contribution in [-0.2, 0) is 0 Å². The number of benzene rings is 2. The highest BCUT2D eigenvalue weighted by Gasteiger charge is 2.11. The molecule has 0 fully saturated rings. The molecule has 0 radical (unpaired) electrons. The summed E-state index contributed by atoms with van der Waals surface area (Å²) in [6.07, 6.45) is 3.88. The first-order chi connectivity index (χ1) is 11.5. The molecule has 0 aliphatic carbocycles. The molecular formula is C19H17N3O2. The quantitative estimate of drug-likeness (QED) is 0.529. The summed E-state index contributed by atoms with van der Waals surface area (Å²) < 4.78 is 0. The van der Waals surface area contributed by atoms with Crippen molar-refractivity contribution in [1.29, 1.82) is 0 Å². The predicted molar refractivity (Wildman–Crippen MR) is 98.1 cm³/mol. The molecule has 0 amide bonds. The monoisotopic (exact) mass is 319 g/mol. The lowest BCUT2D eigenvalue weighted by Crippen LogP contribution is -2.07. The van der Waals surface area contributed by atoms with E-state index >= 15 is 0 Å². The van der Waals surface area contributed by atoms with Gasteiger partial charge in [0.25, 0.3) is 5.69 Å². The van der Waals surface area contributed by atoms with Crippen LogP contribution < -0.4 is 4.90 Å². The fraction of sp³-hybridized carbons (Fsp3) is 0.105. The van der Waals surface area contributed by atoms with Gasteiger partial charge in [-0.15, -0.1) is 0 Å². The Morgan fingerprint density at radius 3 is 2.42 bits per heavy atom. The Bertz CT molecular complexity index is 916. The van der Waals surface area contributed by atoms with Crippen molar-refractivity contribution < 1.29 is 4.92 Å². The number of fused-ring (bicyclic) bond motifs is 1. The van der Waals surface area contributed by atoms with Gasteiger partial charge in [-0.3, -0.25) is 10.1 Å². The highest BCUT2D eigenvalue weighted by molar-refractivity contribution is 5.89. The van der Waals surface area contributed by atoms with Gasteiger partial charge in [0.15, 0.2) is 0 Å². The molecule has 0 N–H and O–H groups in total. The average Bonchev–Trinajstić information content (AvgIpc) is 2.59. The lowest BCUT2D eigenvalue weighted by molar-refractivity contribution is -0.383. The summed E-state index contributed by atoms with van der Waals surface area (Å²) >= 11 is 0. The lowest BCUT2D eigenvalue weighted by Gasteiger charge is -2.11. The van der Waals surface area contributed by atoms with Crippen LogP contribution in [0.1, 0.15) is 11.3 Å². The maximum atomic E-state index is 11.0. The Morgan fingerprint density at radius 2 is 1.75 bits per heavy atom. The molecule has 0 spiro atoms. The average molecular weight is 319 g/mol. The van der Waals surface area contributed by atoms with Crippen LogP contribution in [0.25, 0.3) is 23.1 Å². The summed E-state index contributed by atoms with van der Waals surface area (Å²) in [5, 5.41) is 11.6. The number of hydrogen-bond acceptors (Lipinski definition) is 4. The zero-order valence-corrected chi connectivity index (χ0v) is 13.5. The van der Waals surface area contributed by atoms with E-state index in [9.17, 15) is 10.1 Å². The van der Waals surface area contributed by atoms with Crippen LogP contribution in [0.15, 0.2) is 54.6 Å². The standard InChI is InChI=1S/C19H17N3O2/c1-21(2)16-11-7-14(8-12-16)6-9-15-10-13-17-18(20-15)4-3-5-19(17)22(23)24/h3-13H,1-2H3/b9-6+. The van der Waals surface area contributed by atoms with Crippen molar-refractivity contribution in [2.45, 2.75) is 0 Å². The Kier molecular flexibility index (Phi) is 4.24. The number of anilines is 1. The fourth-order valence-corrected chi connectivity index (χ4v) is 2.47. The van der Waals surface area contributed by atoms with Crippen molar-refractivity contribution in [3.8, 4) is 0 Å². The molecule has 0 saturated heterocycles. The number of nitro groups is 1. The van der Waals surface area contributed by atoms with Gasteiger partial charge >= 0.3 is 0 Å². The SMILES string of the molecule is CN(C)c1ccc(/C=C/c2ccc3c([N+](=O)[O-])cccc3n2)cc1. The molecule has 24 heavy (non-hydrogen) atoms. The molecule has 0 atom stereocenters. The summed E-state index contributed by atoms with van der Waals surface area (Å²) in [6.45, 7) is 0. The van der Waals surface area contributed by atoms with Crippen molar-refractivity contribution in [2.75, 3.05) is 19.0 Å². The summed E-state index contributed by atoms with van der Waals surface area (Å²) in [4.78, 5) is 17.2. The van der Waals surface area contributed by atoms with Crippen LogP contribution in [0.5, 0.6) is 0 Å². The zero-order valence-electron chi connectivity index (χ0n) is 13.5. The first-order valence-electron chi connectivity index (χ1n) is 7.54. The lowest BCUT2D eigenvalue weighted by atomic mass is 10.1. The van der Waals surface area contributed by atoms with Gasteiger partial charge in [-0.05, 0) is 42.0 Å². The normalized spacial score (nSPS) is 11.1. The molecule has 1 aromatic heterocycles. The molecule has 2 aromatic carbocycles. The number of non-ortho nitro benzene ring substituents is 1. The van der Waals surface area contributed by atoms with Crippen LogP contribution in [0.2, 0.25) is 0 Å². The van der Waals surface area contributed by atoms with Gasteiger partial charge in [0.1, 0.15) is 0 Å². The van der Waals surface area contributed by atoms with Crippen LogP contribution in [0.3, 0.4) is 0 Å². The third-order valence-electron chi connectivity index (χ3n) is 3.78. The largest absolute Gasteiger partial charge is 0.378 e. The minimum atomic E-state index is -0.383. The Hall–Kier alpha value is -3.21. The molecule has 120 valence electrons. The molecule has 0 aliphatic rings. The maximum Gasteiger partial charge on any atom is 0.278 e. The van der Waals surface area contributed by atoms with Gasteiger partial charge in [0.05, 0.1) is 21.5 Å². The third kappa shape index (κ3) is 3.25. The first-order valence-corrected chi connectivity index (χ1v) is 7.54. The van der Waals surface area contributed by atoms with E-state index in [2.05, 4.69) is 17.1 Å². The number of rotatable bonds is 4. The first kappa shape index (κ1) is 15.7. The summed E-state index contributed by atoms with van der Waals surface area (Å²) in [5.41, 5.74) is 3.67. The molecule has 5 nitrogen and oxygen atoms in total. The number of aromatic nitrogens is 1. The van der Waals surface area contributed by atoms with Crippen molar-refractivity contribution in [3.05, 3.63) is 76.0 Å². The molecule has 0 bridgehead atoms. The third-order valence-corrected chi connectivity index (χ3v) is 3.78. The van der Waals surface area contributed by atoms with E-state index in [0.717, 1.165) is 16.9 Å². The smallest absolute Gasteiger partial charge is 0.278 e. The molecule has 0 saturated carbocycles. The molecule has 3 rings (SSSR count). The Balaban J connectivity index is 1.88. The van der Waals surface area contributed by atoms with E-state index in [0.29, 0.717) is 10.9 Å². The second kappa shape index (κ2) is 6.50. The minimum absolute atomic E-state index is 0.0785. The summed E-state index contributed by atoms with van der Waals surface area (Å²) in [7, 11) is 4.01. The molecule has 3 aromatic rings. The highest BCUT2D eigenvalue weighted by Crippen LogP contribution is 2.24. The maximum absolute atomic E-state index is 11.0. The fourth-order valence-electron chi connectivity index (χ4n) is 2.47. The number of nitrogens with zero attached hydrogens (tertiary/aromatic N) is 3. The molecular weight excluding hydrogens is 302 g/mol.